The zero-order chi connectivity index (χ0) is 12.3. The van der Waals surface area contributed by atoms with Crippen LogP contribution in [0, 0.1) is 5.95 Å². The maximum absolute atomic E-state index is 13.2. The molecule has 17 heavy (non-hydrogen) atoms. The molecule has 0 atom stereocenters. The van der Waals surface area contributed by atoms with Crippen LogP contribution >= 0.6 is 0 Å². The van der Waals surface area contributed by atoms with Gasteiger partial charge in [-0.2, -0.15) is 4.39 Å². The summed E-state index contributed by atoms with van der Waals surface area (Å²) in [5.74, 6) is -1.69. The fourth-order valence-corrected chi connectivity index (χ4v) is 1.50. The SMILES string of the molecule is O=C(O)Cc1cc(F)nc(-c2ccncc2)c1. The molecule has 86 valence electrons. The van der Waals surface area contributed by atoms with Crippen molar-refractivity contribution in [1.29, 1.82) is 0 Å². The lowest BCUT2D eigenvalue weighted by molar-refractivity contribution is -0.136. The Balaban J connectivity index is 2.42. The average molecular weight is 232 g/mol. The van der Waals surface area contributed by atoms with Crippen molar-refractivity contribution in [2.75, 3.05) is 0 Å². The van der Waals surface area contributed by atoms with Gasteiger partial charge in [-0.15, -0.1) is 0 Å². The summed E-state index contributed by atoms with van der Waals surface area (Å²) in [5, 5.41) is 8.67. The number of nitrogens with zero attached hydrogens (tertiary/aromatic N) is 2. The largest absolute Gasteiger partial charge is 0.481 e. The summed E-state index contributed by atoms with van der Waals surface area (Å²) in [7, 11) is 0. The summed E-state index contributed by atoms with van der Waals surface area (Å²) in [6.45, 7) is 0. The van der Waals surface area contributed by atoms with Gasteiger partial charge in [-0.1, -0.05) is 0 Å². The quantitative estimate of drug-likeness (QED) is 0.821. The number of pyridine rings is 2. The van der Waals surface area contributed by atoms with Crippen molar-refractivity contribution in [3.05, 3.63) is 48.2 Å². The molecule has 0 unspecified atom stereocenters. The van der Waals surface area contributed by atoms with Gasteiger partial charge >= 0.3 is 5.97 Å². The molecule has 0 saturated carbocycles. The Morgan fingerprint density at radius 3 is 2.65 bits per heavy atom. The van der Waals surface area contributed by atoms with Gasteiger partial charge in [-0.05, 0) is 29.8 Å². The molecule has 0 bridgehead atoms. The van der Waals surface area contributed by atoms with Crippen LogP contribution in [0.5, 0.6) is 0 Å². The Labute approximate surface area is 96.8 Å². The van der Waals surface area contributed by atoms with Gasteiger partial charge in [0.05, 0.1) is 12.1 Å². The summed E-state index contributed by atoms with van der Waals surface area (Å²) < 4.78 is 13.2. The van der Waals surface area contributed by atoms with Gasteiger partial charge in [0, 0.05) is 18.0 Å². The smallest absolute Gasteiger partial charge is 0.307 e. The number of aromatic nitrogens is 2. The second-order valence-corrected chi connectivity index (χ2v) is 3.49. The Bertz CT molecular complexity index is 543. The predicted octanol–water partition coefficient (Wildman–Crippen LogP) is 1.91. The third kappa shape index (κ3) is 2.84. The van der Waals surface area contributed by atoms with Gasteiger partial charge in [0.2, 0.25) is 5.95 Å². The third-order valence-electron chi connectivity index (χ3n) is 2.19. The number of hydrogen-bond donors (Lipinski definition) is 1. The van der Waals surface area contributed by atoms with Crippen molar-refractivity contribution in [1.82, 2.24) is 9.97 Å². The summed E-state index contributed by atoms with van der Waals surface area (Å²) in [6, 6.07) is 6.06. The van der Waals surface area contributed by atoms with Crippen molar-refractivity contribution in [2.24, 2.45) is 0 Å². The molecule has 0 aromatic carbocycles. The van der Waals surface area contributed by atoms with E-state index >= 15 is 0 Å². The molecule has 0 aliphatic heterocycles. The molecule has 0 amide bonds. The number of rotatable bonds is 3. The maximum atomic E-state index is 13.2. The molecular formula is C12H9FN2O2. The van der Waals surface area contributed by atoms with Crippen molar-refractivity contribution in [3.63, 3.8) is 0 Å². The number of halogens is 1. The number of hydrogen-bond acceptors (Lipinski definition) is 3. The molecule has 5 heteroatoms. The van der Waals surface area contributed by atoms with E-state index in [1.807, 2.05) is 0 Å². The lowest BCUT2D eigenvalue weighted by atomic mass is 10.1. The Morgan fingerprint density at radius 1 is 1.29 bits per heavy atom. The summed E-state index contributed by atoms with van der Waals surface area (Å²) in [4.78, 5) is 18.1. The molecule has 2 aromatic heterocycles. The highest BCUT2D eigenvalue weighted by Gasteiger charge is 2.07. The molecule has 2 aromatic rings. The minimum Gasteiger partial charge on any atom is -0.481 e. The number of carbonyl (C=O) groups is 1. The Kier molecular flexibility index (Phi) is 3.09. The zero-order valence-corrected chi connectivity index (χ0v) is 8.80. The van der Waals surface area contributed by atoms with Crippen LogP contribution in [-0.4, -0.2) is 21.0 Å². The van der Waals surface area contributed by atoms with Crippen LogP contribution in [0.4, 0.5) is 4.39 Å². The molecule has 0 spiro atoms. The van der Waals surface area contributed by atoms with Gasteiger partial charge in [0.15, 0.2) is 0 Å². The fourth-order valence-electron chi connectivity index (χ4n) is 1.50. The highest BCUT2D eigenvalue weighted by atomic mass is 19.1. The lowest BCUT2D eigenvalue weighted by Crippen LogP contribution is -2.02. The normalized spacial score (nSPS) is 10.2. The Hall–Kier alpha value is -2.30. The van der Waals surface area contributed by atoms with E-state index in [4.69, 9.17) is 5.11 Å². The second-order valence-electron chi connectivity index (χ2n) is 3.49. The number of carboxylic acid groups (broad SMARTS) is 1. The van der Waals surface area contributed by atoms with Gasteiger partial charge in [0.25, 0.3) is 0 Å². The number of carboxylic acids is 1. The van der Waals surface area contributed by atoms with E-state index in [0.717, 1.165) is 6.07 Å². The first-order valence-corrected chi connectivity index (χ1v) is 4.94. The van der Waals surface area contributed by atoms with Gasteiger partial charge in [-0.3, -0.25) is 9.78 Å². The van der Waals surface area contributed by atoms with Crippen LogP contribution in [-0.2, 0) is 11.2 Å². The predicted molar refractivity (Wildman–Crippen MR) is 58.8 cm³/mol. The van der Waals surface area contributed by atoms with E-state index in [1.165, 1.54) is 0 Å². The molecule has 0 radical (unpaired) electrons. The minimum absolute atomic E-state index is 0.225. The molecular weight excluding hydrogens is 223 g/mol. The topological polar surface area (TPSA) is 63.1 Å². The van der Waals surface area contributed by atoms with E-state index in [0.29, 0.717) is 16.8 Å². The highest BCUT2D eigenvalue weighted by molar-refractivity contribution is 5.71. The van der Waals surface area contributed by atoms with Crippen LogP contribution in [0.2, 0.25) is 0 Å². The van der Waals surface area contributed by atoms with Crippen LogP contribution < -0.4 is 0 Å². The van der Waals surface area contributed by atoms with E-state index in [9.17, 15) is 9.18 Å². The van der Waals surface area contributed by atoms with E-state index in [2.05, 4.69) is 9.97 Å². The van der Waals surface area contributed by atoms with Crippen LogP contribution in [0.25, 0.3) is 11.3 Å². The minimum atomic E-state index is -1.00. The maximum Gasteiger partial charge on any atom is 0.307 e. The summed E-state index contributed by atoms with van der Waals surface area (Å²) >= 11 is 0. The van der Waals surface area contributed by atoms with E-state index in [1.54, 1.807) is 30.6 Å². The average Bonchev–Trinajstić information content (AvgIpc) is 2.28. The first-order valence-electron chi connectivity index (χ1n) is 4.94. The zero-order valence-electron chi connectivity index (χ0n) is 8.80. The first-order chi connectivity index (χ1) is 8.15. The highest BCUT2D eigenvalue weighted by Crippen LogP contribution is 2.18. The number of aliphatic carboxylic acids is 1. The molecule has 0 saturated heterocycles. The van der Waals surface area contributed by atoms with Crippen LogP contribution in [0.3, 0.4) is 0 Å². The van der Waals surface area contributed by atoms with Crippen molar-refractivity contribution >= 4 is 5.97 Å². The van der Waals surface area contributed by atoms with Gasteiger partial charge in [0.1, 0.15) is 0 Å². The van der Waals surface area contributed by atoms with E-state index < -0.39 is 11.9 Å². The summed E-state index contributed by atoms with van der Waals surface area (Å²) in [5.41, 5.74) is 1.49. The van der Waals surface area contributed by atoms with Crippen molar-refractivity contribution in [2.45, 2.75) is 6.42 Å². The van der Waals surface area contributed by atoms with Gasteiger partial charge < -0.3 is 5.11 Å². The molecule has 0 aliphatic carbocycles. The molecule has 2 rings (SSSR count). The van der Waals surface area contributed by atoms with E-state index in [-0.39, 0.29) is 6.42 Å². The molecule has 2 heterocycles. The third-order valence-corrected chi connectivity index (χ3v) is 2.19. The van der Waals surface area contributed by atoms with Crippen LogP contribution in [0.15, 0.2) is 36.7 Å². The Morgan fingerprint density at radius 2 is 2.00 bits per heavy atom. The van der Waals surface area contributed by atoms with Crippen molar-refractivity contribution < 1.29 is 14.3 Å². The molecule has 1 N–H and O–H groups in total. The second kappa shape index (κ2) is 4.69. The monoisotopic (exact) mass is 232 g/mol. The van der Waals surface area contributed by atoms with Gasteiger partial charge in [-0.25, -0.2) is 4.98 Å². The molecule has 4 nitrogen and oxygen atoms in total. The first kappa shape index (κ1) is 11.2. The lowest BCUT2D eigenvalue weighted by Gasteiger charge is -2.03. The fraction of sp³-hybridized carbons (Fsp3) is 0.0833. The van der Waals surface area contributed by atoms with Crippen molar-refractivity contribution in [3.8, 4) is 11.3 Å². The molecule has 0 fully saturated rings. The molecule has 0 aliphatic rings. The summed E-state index contributed by atoms with van der Waals surface area (Å²) in [6.07, 6.45) is 2.91. The standard InChI is InChI=1S/C12H9FN2O2/c13-11-6-8(7-12(16)17)5-10(15-11)9-1-3-14-4-2-9/h1-6H,7H2,(H,16,17). The van der Waals surface area contributed by atoms with Crippen LogP contribution in [0.1, 0.15) is 5.56 Å².